The van der Waals surface area contributed by atoms with E-state index >= 15 is 0 Å². The van der Waals surface area contributed by atoms with Crippen LogP contribution < -0.4 is 5.73 Å². The number of aromatic hydroxyl groups is 1. The summed E-state index contributed by atoms with van der Waals surface area (Å²) in [5.41, 5.74) is 3.69. The van der Waals surface area contributed by atoms with Crippen molar-refractivity contribution in [2.24, 2.45) is 17.6 Å². The third-order valence-corrected chi connectivity index (χ3v) is 6.76. The molecule has 0 aromatic heterocycles. The van der Waals surface area contributed by atoms with E-state index in [0.29, 0.717) is 17.6 Å². The van der Waals surface area contributed by atoms with Gasteiger partial charge in [0.1, 0.15) is 11.5 Å². The summed E-state index contributed by atoms with van der Waals surface area (Å²) in [5.74, 6) is -4.83. The quantitative estimate of drug-likeness (QED) is 0.409. The van der Waals surface area contributed by atoms with Crippen molar-refractivity contribution in [3.05, 3.63) is 46.0 Å². The monoisotopic (exact) mass is 412 g/mol. The maximum Gasteiger partial charge on any atom is 0.252 e. The smallest absolute Gasteiger partial charge is 0.252 e. The number of carbonyl (C=O) groups excluding carboxylic acids is 3. The van der Waals surface area contributed by atoms with E-state index in [0.717, 1.165) is 0 Å². The SMILES string of the molecule is CC1=C(C(N)=O)C(=O)[C@@]2(O)C(=O)C3=C(O)c4c(O)cccc4C[C@H]3C[C@H]2[C@@H]1N(C)C. The van der Waals surface area contributed by atoms with Gasteiger partial charge in [-0.25, -0.2) is 0 Å². The van der Waals surface area contributed by atoms with E-state index in [1.54, 1.807) is 38.1 Å². The van der Waals surface area contributed by atoms with Gasteiger partial charge >= 0.3 is 0 Å². The van der Waals surface area contributed by atoms with Crippen LogP contribution in [0.15, 0.2) is 34.9 Å². The molecule has 0 spiro atoms. The number of ketones is 2. The molecule has 0 aliphatic heterocycles. The molecule has 1 saturated carbocycles. The van der Waals surface area contributed by atoms with Gasteiger partial charge in [-0.05, 0) is 57.0 Å². The van der Waals surface area contributed by atoms with Gasteiger partial charge in [-0.3, -0.25) is 14.4 Å². The second kappa shape index (κ2) is 6.52. The molecule has 4 atom stereocenters. The number of fused-ring (bicyclic) bond motifs is 3. The van der Waals surface area contributed by atoms with Gasteiger partial charge in [0.2, 0.25) is 11.6 Å². The van der Waals surface area contributed by atoms with Gasteiger partial charge in [-0.2, -0.15) is 0 Å². The van der Waals surface area contributed by atoms with E-state index in [2.05, 4.69) is 0 Å². The lowest BCUT2D eigenvalue weighted by atomic mass is 9.56. The van der Waals surface area contributed by atoms with Gasteiger partial charge in [0.15, 0.2) is 5.60 Å². The molecule has 1 fully saturated rings. The molecule has 4 rings (SSSR count). The van der Waals surface area contributed by atoms with Gasteiger partial charge in [0.05, 0.1) is 11.1 Å². The minimum Gasteiger partial charge on any atom is -0.507 e. The average Bonchev–Trinajstić information content (AvgIpc) is 2.64. The van der Waals surface area contributed by atoms with E-state index in [4.69, 9.17) is 5.73 Å². The number of nitrogens with zero attached hydrogens (tertiary/aromatic N) is 1. The number of hydrogen-bond acceptors (Lipinski definition) is 7. The maximum absolute atomic E-state index is 13.5. The van der Waals surface area contributed by atoms with Crippen LogP contribution in [0.3, 0.4) is 0 Å². The van der Waals surface area contributed by atoms with Crippen molar-refractivity contribution in [3.8, 4) is 5.75 Å². The summed E-state index contributed by atoms with van der Waals surface area (Å²) in [7, 11) is 3.48. The fourth-order valence-electron chi connectivity index (χ4n) is 5.57. The Morgan fingerprint density at radius 1 is 1.20 bits per heavy atom. The molecule has 0 saturated heterocycles. The summed E-state index contributed by atoms with van der Waals surface area (Å²) >= 11 is 0. The number of benzene rings is 1. The summed E-state index contributed by atoms with van der Waals surface area (Å²) in [6.45, 7) is 1.61. The highest BCUT2D eigenvalue weighted by atomic mass is 16.3. The Hall–Kier alpha value is -2.97. The fourth-order valence-corrected chi connectivity index (χ4v) is 5.57. The van der Waals surface area contributed by atoms with Gasteiger partial charge in [0, 0.05) is 17.5 Å². The van der Waals surface area contributed by atoms with Gasteiger partial charge in [-0.15, -0.1) is 0 Å². The van der Waals surface area contributed by atoms with E-state index in [-0.39, 0.29) is 28.9 Å². The molecular weight excluding hydrogens is 388 g/mol. The second-order valence-electron chi connectivity index (χ2n) is 8.57. The molecule has 1 aromatic carbocycles. The van der Waals surface area contributed by atoms with Crippen LogP contribution in [-0.2, 0) is 20.8 Å². The van der Waals surface area contributed by atoms with Crippen molar-refractivity contribution in [2.45, 2.75) is 31.4 Å². The van der Waals surface area contributed by atoms with E-state index in [1.807, 2.05) is 0 Å². The molecule has 0 heterocycles. The number of aliphatic hydroxyl groups excluding tert-OH is 1. The van der Waals surface area contributed by atoms with E-state index in [1.165, 1.54) is 6.07 Å². The third-order valence-electron chi connectivity index (χ3n) is 6.76. The van der Waals surface area contributed by atoms with Crippen molar-refractivity contribution < 1.29 is 29.7 Å². The number of carbonyl (C=O) groups is 3. The molecule has 8 heteroatoms. The predicted octanol–water partition coefficient (Wildman–Crippen LogP) is 0.468. The highest BCUT2D eigenvalue weighted by molar-refractivity contribution is 6.33. The number of phenols is 1. The number of Topliss-reactive ketones (excluding diaryl/α,β-unsaturated/α-hetero) is 2. The van der Waals surface area contributed by atoms with Crippen LogP contribution in [0.2, 0.25) is 0 Å². The molecule has 3 aliphatic carbocycles. The minimum absolute atomic E-state index is 0.0861. The molecule has 0 radical (unpaired) electrons. The zero-order valence-electron chi connectivity index (χ0n) is 17.0. The Morgan fingerprint density at radius 2 is 1.87 bits per heavy atom. The summed E-state index contributed by atoms with van der Waals surface area (Å²) in [5, 5.41) is 32.6. The van der Waals surface area contributed by atoms with Crippen LogP contribution in [-0.4, -0.2) is 63.4 Å². The van der Waals surface area contributed by atoms with Gasteiger partial charge in [0.25, 0.3) is 5.91 Å². The fraction of sp³-hybridized carbons (Fsp3) is 0.409. The Labute approximate surface area is 173 Å². The first-order valence-electron chi connectivity index (χ1n) is 9.75. The number of likely N-dealkylation sites (N-methyl/N-ethyl adjacent to an activating group) is 1. The molecule has 3 aliphatic rings. The number of amides is 1. The number of primary amides is 1. The predicted molar refractivity (Wildman–Crippen MR) is 107 cm³/mol. The van der Waals surface area contributed by atoms with Crippen LogP contribution in [0.5, 0.6) is 5.75 Å². The summed E-state index contributed by atoms with van der Waals surface area (Å²) < 4.78 is 0. The topological polar surface area (TPSA) is 141 Å². The Bertz CT molecular complexity index is 1070. The van der Waals surface area contributed by atoms with E-state index in [9.17, 15) is 29.7 Å². The Balaban J connectivity index is 1.96. The molecule has 158 valence electrons. The van der Waals surface area contributed by atoms with Crippen LogP contribution >= 0.6 is 0 Å². The first-order chi connectivity index (χ1) is 14.0. The molecule has 5 N–H and O–H groups in total. The number of phenolic OH excluding ortho intramolecular Hbond substituents is 1. The Morgan fingerprint density at radius 3 is 2.47 bits per heavy atom. The number of rotatable bonds is 2. The molecule has 1 aromatic rings. The number of nitrogens with two attached hydrogens (primary N) is 1. The highest BCUT2D eigenvalue weighted by Crippen LogP contribution is 2.51. The molecule has 0 bridgehead atoms. The summed E-state index contributed by atoms with van der Waals surface area (Å²) in [4.78, 5) is 40.5. The van der Waals surface area contributed by atoms with E-state index < -0.39 is 46.7 Å². The second-order valence-corrected chi connectivity index (χ2v) is 8.57. The number of aliphatic hydroxyl groups is 2. The first-order valence-corrected chi connectivity index (χ1v) is 9.75. The lowest BCUT2D eigenvalue weighted by Gasteiger charge is -2.51. The van der Waals surface area contributed by atoms with Crippen molar-refractivity contribution in [2.75, 3.05) is 14.1 Å². The molecule has 0 unspecified atom stereocenters. The van der Waals surface area contributed by atoms with Gasteiger partial charge < -0.3 is 26.0 Å². The summed E-state index contributed by atoms with van der Waals surface area (Å²) in [6, 6.07) is 4.26. The van der Waals surface area contributed by atoms with Crippen LogP contribution in [0.25, 0.3) is 5.76 Å². The van der Waals surface area contributed by atoms with Crippen molar-refractivity contribution in [1.82, 2.24) is 4.90 Å². The highest BCUT2D eigenvalue weighted by Gasteiger charge is 2.63. The van der Waals surface area contributed by atoms with Crippen LogP contribution in [0, 0.1) is 11.8 Å². The first kappa shape index (κ1) is 20.3. The Kier molecular flexibility index (Phi) is 4.41. The summed E-state index contributed by atoms with van der Waals surface area (Å²) in [6.07, 6.45) is 0.621. The minimum atomic E-state index is -2.51. The van der Waals surface area contributed by atoms with Crippen LogP contribution in [0.1, 0.15) is 24.5 Å². The molecule has 8 nitrogen and oxygen atoms in total. The zero-order valence-corrected chi connectivity index (χ0v) is 17.0. The third kappa shape index (κ3) is 2.44. The average molecular weight is 412 g/mol. The lowest BCUT2D eigenvalue weighted by molar-refractivity contribution is -0.160. The molecule has 1 amide bonds. The largest absolute Gasteiger partial charge is 0.507 e. The maximum atomic E-state index is 13.5. The molecular formula is C22H24N2O6. The number of hydrogen-bond donors (Lipinski definition) is 4. The van der Waals surface area contributed by atoms with Crippen molar-refractivity contribution in [1.29, 1.82) is 0 Å². The van der Waals surface area contributed by atoms with Crippen molar-refractivity contribution in [3.63, 3.8) is 0 Å². The normalized spacial score (nSPS) is 30.9. The zero-order chi connectivity index (χ0) is 22.1. The van der Waals surface area contributed by atoms with Crippen molar-refractivity contribution >= 4 is 23.2 Å². The van der Waals surface area contributed by atoms with Crippen LogP contribution in [0.4, 0.5) is 0 Å². The molecule has 30 heavy (non-hydrogen) atoms. The van der Waals surface area contributed by atoms with Gasteiger partial charge in [-0.1, -0.05) is 12.1 Å². The lowest BCUT2D eigenvalue weighted by Crippen LogP contribution is -2.66. The standard InChI is InChI=1S/C22H24N2O6/c1-9-14(21(23)29)19(27)22(30)12(17(9)24(2)3)8-11-7-10-5-4-6-13(25)15(10)18(26)16(11)20(22)28/h4-6,11-12,17,25-26,30H,7-8H2,1-3H3,(H2,23,29)/t11-,12-,17+,22+/m0/s1.